The van der Waals surface area contributed by atoms with Crippen LogP contribution >= 0.6 is 0 Å². The lowest BCUT2D eigenvalue weighted by Gasteiger charge is -2.23. The Morgan fingerprint density at radius 3 is 2.35 bits per heavy atom. The molecule has 0 radical (unpaired) electrons. The minimum absolute atomic E-state index is 0.582. The van der Waals surface area contributed by atoms with Gasteiger partial charge in [0.25, 0.3) is 0 Å². The summed E-state index contributed by atoms with van der Waals surface area (Å²) in [6, 6.07) is 16.8. The van der Waals surface area contributed by atoms with Gasteiger partial charge in [-0.15, -0.1) is 0 Å². The number of allylic oxidation sites excluding steroid dienone is 3. The van der Waals surface area contributed by atoms with Crippen LogP contribution in [-0.4, -0.2) is 37.1 Å². The van der Waals surface area contributed by atoms with Gasteiger partial charge in [-0.25, -0.2) is 4.99 Å². The first-order chi connectivity index (χ1) is 12.5. The number of rotatable bonds is 3. The molecule has 1 heterocycles. The summed E-state index contributed by atoms with van der Waals surface area (Å²) in [4.78, 5) is 11.9. The number of nitrogens with zero attached hydrogens (tertiary/aromatic N) is 3. The number of benzene rings is 2. The average Bonchev–Trinajstić information content (AvgIpc) is 2.64. The topological polar surface area (TPSA) is 28.0 Å². The van der Waals surface area contributed by atoms with Crippen molar-refractivity contribution in [2.45, 2.75) is 13.8 Å². The first kappa shape index (κ1) is 17.9. The predicted molar refractivity (Wildman–Crippen MR) is 112 cm³/mol. The number of amidine groups is 1. The van der Waals surface area contributed by atoms with Crippen LogP contribution in [0.3, 0.4) is 0 Å². The van der Waals surface area contributed by atoms with Gasteiger partial charge in [0.15, 0.2) is 0 Å². The second-order valence-electron chi connectivity index (χ2n) is 6.73. The molecule has 0 bridgehead atoms. The Morgan fingerprint density at radius 2 is 1.73 bits per heavy atom. The van der Waals surface area contributed by atoms with Crippen LogP contribution in [0.5, 0.6) is 0 Å². The molecule has 0 aliphatic carbocycles. The fourth-order valence-electron chi connectivity index (χ4n) is 3.01. The largest absolute Gasteiger partial charge is 0.365 e. The van der Waals surface area contributed by atoms with E-state index < -0.39 is 0 Å². The molecule has 0 fully saturated rings. The van der Waals surface area contributed by atoms with Gasteiger partial charge >= 0.3 is 0 Å². The Kier molecular flexibility index (Phi) is 5.17. The lowest BCUT2D eigenvalue weighted by atomic mass is 9.94. The summed E-state index contributed by atoms with van der Waals surface area (Å²) < 4.78 is 0. The van der Waals surface area contributed by atoms with Crippen molar-refractivity contribution in [2.75, 3.05) is 20.6 Å². The molecule has 3 heteroatoms. The molecule has 0 amide bonds. The van der Waals surface area contributed by atoms with Crippen molar-refractivity contribution in [3.8, 4) is 0 Å². The van der Waals surface area contributed by atoms with E-state index in [0.717, 1.165) is 33.9 Å². The highest BCUT2D eigenvalue weighted by atomic mass is 15.2. The van der Waals surface area contributed by atoms with Crippen molar-refractivity contribution in [1.82, 2.24) is 4.90 Å². The van der Waals surface area contributed by atoms with E-state index in [-0.39, 0.29) is 0 Å². The highest BCUT2D eigenvalue weighted by Gasteiger charge is 2.21. The van der Waals surface area contributed by atoms with Gasteiger partial charge in [0, 0.05) is 25.2 Å². The van der Waals surface area contributed by atoms with Gasteiger partial charge in [0.1, 0.15) is 5.84 Å². The zero-order valence-corrected chi connectivity index (χ0v) is 16.0. The Morgan fingerprint density at radius 1 is 1.04 bits per heavy atom. The molecule has 26 heavy (non-hydrogen) atoms. The van der Waals surface area contributed by atoms with Crippen molar-refractivity contribution in [3.63, 3.8) is 0 Å². The number of aryl methyl sites for hydroxylation is 2. The lowest BCUT2D eigenvalue weighted by molar-refractivity contribution is 0.610. The van der Waals surface area contributed by atoms with Crippen LogP contribution in [0.1, 0.15) is 22.3 Å². The molecule has 0 unspecified atom stereocenters. The van der Waals surface area contributed by atoms with Gasteiger partial charge in [-0.1, -0.05) is 66.7 Å². The summed E-state index contributed by atoms with van der Waals surface area (Å²) in [5.41, 5.74) is 7.47. The van der Waals surface area contributed by atoms with Gasteiger partial charge in [-0.3, -0.25) is 4.99 Å². The van der Waals surface area contributed by atoms with E-state index in [1.54, 1.807) is 0 Å². The fourth-order valence-corrected chi connectivity index (χ4v) is 3.01. The molecule has 0 saturated heterocycles. The normalized spacial score (nSPS) is 15.8. The smallest absolute Gasteiger partial charge is 0.126 e. The van der Waals surface area contributed by atoms with Crippen LogP contribution in [0.25, 0.3) is 5.57 Å². The van der Waals surface area contributed by atoms with Gasteiger partial charge in [-0.2, -0.15) is 0 Å². The predicted octanol–water partition coefficient (Wildman–Crippen LogP) is 4.66. The standard InChI is InChI=1S/C23H25N3/c1-6-19(18-13-11-16(2)12-14-18)23-22(20-10-8-7-9-17(20)3)24-15-21(25-23)26(4)5/h6-14H,1,15H2,2-5H3/b23-19-. The quantitative estimate of drug-likeness (QED) is 0.796. The summed E-state index contributed by atoms with van der Waals surface area (Å²) in [6.45, 7) is 8.84. The highest BCUT2D eigenvalue weighted by Crippen LogP contribution is 2.28. The number of likely N-dealkylation sites (N-methyl/N-ethyl adjacent to an activating group) is 1. The third-order valence-corrected chi connectivity index (χ3v) is 4.58. The Bertz CT molecular complexity index is 913. The zero-order chi connectivity index (χ0) is 18.7. The average molecular weight is 343 g/mol. The van der Waals surface area contributed by atoms with E-state index in [1.807, 2.05) is 31.1 Å². The minimum atomic E-state index is 0.582. The van der Waals surface area contributed by atoms with Crippen LogP contribution in [0, 0.1) is 13.8 Å². The van der Waals surface area contributed by atoms with Gasteiger partial charge in [0.2, 0.25) is 0 Å². The molecular weight excluding hydrogens is 318 g/mol. The van der Waals surface area contributed by atoms with Crippen LogP contribution in [0.15, 0.2) is 76.9 Å². The monoisotopic (exact) mass is 343 g/mol. The SMILES string of the molecule is C=C/C(=C1/N=C(N(C)C)CN=C1c1ccccc1C)c1ccc(C)cc1. The number of hydrogen-bond acceptors (Lipinski definition) is 3. The summed E-state index contributed by atoms with van der Waals surface area (Å²) in [7, 11) is 4.01. The molecule has 0 saturated carbocycles. The minimum Gasteiger partial charge on any atom is -0.365 e. The number of aliphatic imine (C=N–C) groups is 2. The molecule has 2 aromatic carbocycles. The summed E-state index contributed by atoms with van der Waals surface area (Å²) >= 11 is 0. The van der Waals surface area contributed by atoms with E-state index in [4.69, 9.17) is 9.98 Å². The maximum Gasteiger partial charge on any atom is 0.126 e. The van der Waals surface area contributed by atoms with Gasteiger partial charge < -0.3 is 4.90 Å². The first-order valence-corrected chi connectivity index (χ1v) is 8.80. The van der Waals surface area contributed by atoms with Crippen molar-refractivity contribution in [2.24, 2.45) is 9.98 Å². The molecule has 1 aliphatic heterocycles. The second-order valence-corrected chi connectivity index (χ2v) is 6.73. The zero-order valence-electron chi connectivity index (χ0n) is 16.0. The molecule has 132 valence electrons. The fraction of sp³-hybridized carbons (Fsp3) is 0.217. The maximum absolute atomic E-state index is 4.97. The molecule has 3 rings (SSSR count). The molecule has 0 aromatic heterocycles. The highest BCUT2D eigenvalue weighted by molar-refractivity contribution is 6.20. The van der Waals surface area contributed by atoms with Crippen molar-refractivity contribution in [1.29, 1.82) is 0 Å². The van der Waals surface area contributed by atoms with Crippen LogP contribution in [-0.2, 0) is 0 Å². The maximum atomic E-state index is 4.97. The van der Waals surface area contributed by atoms with Crippen LogP contribution < -0.4 is 0 Å². The Balaban J connectivity index is 2.23. The molecule has 3 nitrogen and oxygen atoms in total. The molecule has 0 N–H and O–H groups in total. The Hall–Kier alpha value is -2.94. The molecule has 0 spiro atoms. The van der Waals surface area contributed by atoms with Gasteiger partial charge in [-0.05, 0) is 25.0 Å². The first-order valence-electron chi connectivity index (χ1n) is 8.80. The summed E-state index contributed by atoms with van der Waals surface area (Å²) in [6.07, 6.45) is 1.88. The molecular formula is C23H25N3. The lowest BCUT2D eigenvalue weighted by Crippen LogP contribution is -2.29. The third-order valence-electron chi connectivity index (χ3n) is 4.58. The third kappa shape index (κ3) is 3.52. The molecule has 0 atom stereocenters. The van der Waals surface area contributed by atoms with Gasteiger partial charge in [0.05, 0.1) is 18.0 Å². The Labute approximate surface area is 156 Å². The van der Waals surface area contributed by atoms with Crippen molar-refractivity contribution >= 4 is 17.1 Å². The van der Waals surface area contributed by atoms with E-state index in [1.165, 1.54) is 11.1 Å². The summed E-state index contributed by atoms with van der Waals surface area (Å²) in [5, 5.41) is 0. The van der Waals surface area contributed by atoms with Crippen molar-refractivity contribution < 1.29 is 0 Å². The molecule has 2 aromatic rings. The second kappa shape index (κ2) is 7.52. The van der Waals surface area contributed by atoms with E-state index >= 15 is 0 Å². The van der Waals surface area contributed by atoms with E-state index in [2.05, 4.69) is 62.9 Å². The van der Waals surface area contributed by atoms with Crippen LogP contribution in [0.2, 0.25) is 0 Å². The van der Waals surface area contributed by atoms with Crippen molar-refractivity contribution in [3.05, 3.63) is 89.1 Å². The van der Waals surface area contributed by atoms with Crippen LogP contribution in [0.4, 0.5) is 0 Å². The molecule has 1 aliphatic rings. The van der Waals surface area contributed by atoms with E-state index in [0.29, 0.717) is 6.54 Å². The summed E-state index contributed by atoms with van der Waals surface area (Å²) in [5.74, 6) is 0.948. The van der Waals surface area contributed by atoms with E-state index in [9.17, 15) is 0 Å². The number of hydrogen-bond donors (Lipinski definition) is 0.